The molecule has 2 aromatic carbocycles. The fraction of sp³-hybridized carbons (Fsp3) is 0. The lowest BCUT2D eigenvalue weighted by atomic mass is 10.1. The standard InChI is InChI=1S/C17H10ClN3/c18-9-5-6-13-11(7-9)16-17(21-13)15-10-3-1-2-4-12(10)20-14(15)8-19-16/h1-8,20-21H. The maximum Gasteiger partial charge on any atom is 0.0966 e. The van der Waals surface area contributed by atoms with Gasteiger partial charge in [-0.15, -0.1) is 0 Å². The zero-order valence-corrected chi connectivity index (χ0v) is 11.7. The smallest absolute Gasteiger partial charge is 0.0966 e. The molecular weight excluding hydrogens is 282 g/mol. The zero-order valence-electron chi connectivity index (χ0n) is 10.9. The molecule has 4 heteroatoms. The number of nitrogens with one attached hydrogen (secondary N) is 2. The van der Waals surface area contributed by atoms with Crippen LogP contribution in [-0.4, -0.2) is 15.0 Å². The Balaban J connectivity index is 2.10. The van der Waals surface area contributed by atoms with Crippen LogP contribution in [0.25, 0.3) is 43.7 Å². The largest absolute Gasteiger partial charge is 0.353 e. The zero-order chi connectivity index (χ0) is 14.0. The van der Waals surface area contributed by atoms with Crippen molar-refractivity contribution in [3.8, 4) is 0 Å². The minimum atomic E-state index is 0.726. The number of H-pyrrole nitrogens is 2. The van der Waals surface area contributed by atoms with E-state index in [4.69, 9.17) is 11.6 Å². The first-order chi connectivity index (χ1) is 10.3. The Morgan fingerprint density at radius 2 is 1.71 bits per heavy atom. The van der Waals surface area contributed by atoms with Crippen LogP contribution in [0.2, 0.25) is 5.02 Å². The Kier molecular flexibility index (Phi) is 2.01. The Morgan fingerprint density at radius 3 is 2.67 bits per heavy atom. The topological polar surface area (TPSA) is 44.5 Å². The molecule has 0 unspecified atom stereocenters. The number of aromatic amines is 2. The summed E-state index contributed by atoms with van der Waals surface area (Å²) in [4.78, 5) is 11.5. The summed E-state index contributed by atoms with van der Waals surface area (Å²) in [6.07, 6.45) is 1.89. The average molecular weight is 292 g/mol. The van der Waals surface area contributed by atoms with Crippen LogP contribution in [0.3, 0.4) is 0 Å². The van der Waals surface area contributed by atoms with Crippen LogP contribution >= 0.6 is 11.6 Å². The van der Waals surface area contributed by atoms with E-state index in [1.165, 1.54) is 10.8 Å². The minimum Gasteiger partial charge on any atom is -0.353 e. The van der Waals surface area contributed by atoms with Crippen molar-refractivity contribution in [1.82, 2.24) is 15.0 Å². The molecule has 2 N–H and O–H groups in total. The highest BCUT2D eigenvalue weighted by atomic mass is 35.5. The van der Waals surface area contributed by atoms with E-state index in [1.807, 2.05) is 30.5 Å². The van der Waals surface area contributed by atoms with Gasteiger partial charge in [0.15, 0.2) is 0 Å². The molecule has 0 saturated heterocycles. The van der Waals surface area contributed by atoms with Gasteiger partial charge in [0.1, 0.15) is 0 Å². The van der Waals surface area contributed by atoms with Crippen molar-refractivity contribution in [3.63, 3.8) is 0 Å². The molecular formula is C17H10ClN3. The molecule has 0 atom stereocenters. The SMILES string of the molecule is Clc1ccc2[nH]c3c(ncc4[nH]c5ccccc5c43)c2c1. The van der Waals surface area contributed by atoms with Crippen LogP contribution in [0, 0.1) is 0 Å². The second kappa shape index (κ2) is 3.77. The van der Waals surface area contributed by atoms with Gasteiger partial charge in [0.2, 0.25) is 0 Å². The second-order valence-electron chi connectivity index (χ2n) is 5.26. The molecule has 0 saturated carbocycles. The van der Waals surface area contributed by atoms with E-state index in [9.17, 15) is 0 Å². The first-order valence-corrected chi connectivity index (χ1v) is 7.15. The summed E-state index contributed by atoms with van der Waals surface area (Å²) in [6.45, 7) is 0. The molecule has 0 aliphatic carbocycles. The van der Waals surface area contributed by atoms with Crippen LogP contribution < -0.4 is 0 Å². The number of benzene rings is 2. The summed E-state index contributed by atoms with van der Waals surface area (Å²) in [5, 5.41) is 4.18. The van der Waals surface area contributed by atoms with E-state index in [1.54, 1.807) is 0 Å². The molecule has 0 spiro atoms. The molecule has 3 nitrogen and oxygen atoms in total. The van der Waals surface area contributed by atoms with Gasteiger partial charge in [-0.2, -0.15) is 0 Å². The number of hydrogen-bond donors (Lipinski definition) is 2. The predicted octanol–water partition coefficient (Wildman–Crippen LogP) is 5.00. The summed E-state index contributed by atoms with van der Waals surface area (Å²) < 4.78 is 0. The molecule has 0 radical (unpaired) electrons. The van der Waals surface area contributed by atoms with E-state index in [0.717, 1.165) is 38.0 Å². The molecule has 5 rings (SSSR count). The molecule has 0 bridgehead atoms. The molecule has 21 heavy (non-hydrogen) atoms. The second-order valence-corrected chi connectivity index (χ2v) is 5.69. The van der Waals surface area contributed by atoms with Crippen LogP contribution in [0.5, 0.6) is 0 Å². The van der Waals surface area contributed by atoms with E-state index in [2.05, 4.69) is 33.2 Å². The first-order valence-electron chi connectivity index (χ1n) is 6.77. The van der Waals surface area contributed by atoms with Gasteiger partial charge in [-0.1, -0.05) is 29.8 Å². The number of para-hydroxylation sites is 1. The average Bonchev–Trinajstić information content (AvgIpc) is 3.04. The van der Waals surface area contributed by atoms with Gasteiger partial charge in [-0.25, -0.2) is 0 Å². The minimum absolute atomic E-state index is 0.726. The fourth-order valence-electron chi connectivity index (χ4n) is 3.12. The van der Waals surface area contributed by atoms with Crippen molar-refractivity contribution < 1.29 is 0 Å². The number of nitrogens with zero attached hydrogens (tertiary/aromatic N) is 1. The lowest BCUT2D eigenvalue weighted by Gasteiger charge is -1.94. The predicted molar refractivity (Wildman–Crippen MR) is 88.0 cm³/mol. The van der Waals surface area contributed by atoms with E-state index in [0.29, 0.717) is 0 Å². The van der Waals surface area contributed by atoms with Crippen LogP contribution in [0.1, 0.15) is 0 Å². The Labute approximate surface area is 124 Å². The summed E-state index contributed by atoms with van der Waals surface area (Å²) in [5.41, 5.74) is 5.24. The lowest BCUT2D eigenvalue weighted by molar-refractivity contribution is 1.42. The van der Waals surface area contributed by atoms with Crippen molar-refractivity contribution >= 4 is 55.3 Å². The Bertz CT molecular complexity index is 1150. The maximum atomic E-state index is 6.12. The molecule has 0 aliphatic heterocycles. The van der Waals surface area contributed by atoms with Crippen molar-refractivity contribution in [2.75, 3.05) is 0 Å². The van der Waals surface area contributed by atoms with Gasteiger partial charge in [0, 0.05) is 32.2 Å². The van der Waals surface area contributed by atoms with E-state index < -0.39 is 0 Å². The highest BCUT2D eigenvalue weighted by Gasteiger charge is 2.13. The summed E-state index contributed by atoms with van der Waals surface area (Å²) >= 11 is 6.12. The third kappa shape index (κ3) is 1.41. The summed E-state index contributed by atoms with van der Waals surface area (Å²) in [5.74, 6) is 0. The third-order valence-electron chi connectivity index (χ3n) is 4.04. The van der Waals surface area contributed by atoms with Gasteiger partial charge < -0.3 is 9.97 Å². The number of halogens is 1. The molecule has 3 heterocycles. The fourth-order valence-corrected chi connectivity index (χ4v) is 3.30. The van der Waals surface area contributed by atoms with E-state index >= 15 is 0 Å². The summed E-state index contributed by atoms with van der Waals surface area (Å²) in [7, 11) is 0. The maximum absolute atomic E-state index is 6.12. The monoisotopic (exact) mass is 291 g/mol. The Morgan fingerprint density at radius 1 is 0.857 bits per heavy atom. The molecule has 100 valence electrons. The number of pyridine rings is 1. The van der Waals surface area contributed by atoms with Gasteiger partial charge in [0.05, 0.1) is 22.7 Å². The molecule has 3 aromatic heterocycles. The van der Waals surface area contributed by atoms with Crippen molar-refractivity contribution in [2.24, 2.45) is 0 Å². The van der Waals surface area contributed by atoms with Crippen molar-refractivity contribution in [1.29, 1.82) is 0 Å². The van der Waals surface area contributed by atoms with Gasteiger partial charge in [0.25, 0.3) is 0 Å². The number of fused-ring (bicyclic) bond motifs is 7. The van der Waals surface area contributed by atoms with Crippen molar-refractivity contribution in [2.45, 2.75) is 0 Å². The van der Waals surface area contributed by atoms with Crippen molar-refractivity contribution in [3.05, 3.63) is 53.7 Å². The highest BCUT2D eigenvalue weighted by Crippen LogP contribution is 2.34. The highest BCUT2D eigenvalue weighted by molar-refractivity contribution is 6.32. The third-order valence-corrected chi connectivity index (χ3v) is 4.28. The molecule has 5 aromatic rings. The van der Waals surface area contributed by atoms with Crippen LogP contribution in [0.4, 0.5) is 0 Å². The number of rotatable bonds is 0. The lowest BCUT2D eigenvalue weighted by Crippen LogP contribution is -1.77. The van der Waals surface area contributed by atoms with Gasteiger partial charge >= 0.3 is 0 Å². The Hall–Kier alpha value is -2.52. The van der Waals surface area contributed by atoms with Gasteiger partial charge in [-0.3, -0.25) is 4.98 Å². The van der Waals surface area contributed by atoms with Crippen LogP contribution in [-0.2, 0) is 0 Å². The number of aromatic nitrogens is 3. The number of hydrogen-bond acceptors (Lipinski definition) is 1. The van der Waals surface area contributed by atoms with Gasteiger partial charge in [-0.05, 0) is 24.3 Å². The molecule has 0 aliphatic rings. The first kappa shape index (κ1) is 11.2. The van der Waals surface area contributed by atoms with Crippen LogP contribution in [0.15, 0.2) is 48.7 Å². The normalized spacial score (nSPS) is 12.0. The molecule has 0 amide bonds. The quantitative estimate of drug-likeness (QED) is 0.414. The van der Waals surface area contributed by atoms with E-state index in [-0.39, 0.29) is 0 Å². The molecule has 0 fully saturated rings. The summed E-state index contributed by atoms with van der Waals surface area (Å²) in [6, 6.07) is 14.2.